The maximum Gasteiger partial charge on any atom is 0.416 e. The first-order valence-electron chi connectivity index (χ1n) is 12.6. The Balaban J connectivity index is 1.80. The number of carbonyl (C=O) groups is 3. The highest BCUT2D eigenvalue weighted by molar-refractivity contribution is 6.03. The predicted molar refractivity (Wildman–Crippen MR) is 140 cm³/mol. The number of nitrogens with one attached hydrogen (secondary N) is 2. The molecule has 2 aromatic rings. The van der Waals surface area contributed by atoms with Crippen molar-refractivity contribution in [2.75, 3.05) is 13.1 Å². The number of nitrogens with zero attached hydrogens (tertiary/aromatic N) is 2. The Kier molecular flexibility index (Phi) is 7.59. The zero-order valence-electron chi connectivity index (χ0n) is 22.0. The van der Waals surface area contributed by atoms with Crippen molar-refractivity contribution in [2.45, 2.75) is 51.0 Å². The fraction of sp³-hybridized carbons (Fsp3) is 0.345. The van der Waals surface area contributed by atoms with E-state index in [1.807, 2.05) is 51.1 Å². The summed E-state index contributed by atoms with van der Waals surface area (Å²) in [6.45, 7) is 9.04. The Morgan fingerprint density at radius 3 is 2.36 bits per heavy atom. The predicted octanol–water partition coefficient (Wildman–Crippen LogP) is 4.58. The van der Waals surface area contributed by atoms with Gasteiger partial charge in [0, 0.05) is 18.5 Å². The van der Waals surface area contributed by atoms with E-state index >= 15 is 0 Å². The smallest absolute Gasteiger partial charge is 0.350 e. The summed E-state index contributed by atoms with van der Waals surface area (Å²) in [6.07, 6.45) is -3.05. The van der Waals surface area contributed by atoms with E-state index in [-0.39, 0.29) is 36.3 Å². The van der Waals surface area contributed by atoms with Gasteiger partial charge in [0.25, 0.3) is 5.91 Å². The molecule has 0 fully saturated rings. The number of benzene rings is 2. The number of carbonyl (C=O) groups excluding carboxylic acids is 3. The highest BCUT2D eigenvalue weighted by Gasteiger charge is 2.49. The molecule has 0 aromatic heterocycles. The van der Waals surface area contributed by atoms with E-state index in [1.165, 1.54) is 34.1 Å². The van der Waals surface area contributed by atoms with Crippen molar-refractivity contribution in [3.05, 3.63) is 95.2 Å². The maximum atomic E-state index is 14.0. The zero-order chi connectivity index (χ0) is 28.5. The molecule has 2 aromatic carbocycles. The first-order valence-corrected chi connectivity index (χ1v) is 12.6. The Bertz CT molecular complexity index is 1320. The van der Waals surface area contributed by atoms with Crippen molar-refractivity contribution < 1.29 is 27.6 Å². The van der Waals surface area contributed by atoms with Gasteiger partial charge in [-0.3, -0.25) is 14.5 Å². The quantitative estimate of drug-likeness (QED) is 0.505. The molecule has 0 saturated carbocycles. The summed E-state index contributed by atoms with van der Waals surface area (Å²) in [5.41, 5.74) is -0.708. The number of halogens is 3. The van der Waals surface area contributed by atoms with Gasteiger partial charge in [-0.25, -0.2) is 4.79 Å². The molecule has 2 aliphatic heterocycles. The molecule has 2 N–H and O–H groups in total. The van der Waals surface area contributed by atoms with Crippen LogP contribution in [-0.2, 0) is 22.2 Å². The van der Waals surface area contributed by atoms with Gasteiger partial charge in [0.15, 0.2) is 0 Å². The lowest BCUT2D eigenvalue weighted by atomic mass is 9.91. The molecular weight excluding hydrogens is 509 g/mol. The molecule has 39 heavy (non-hydrogen) atoms. The molecule has 0 saturated heterocycles. The Morgan fingerprint density at radius 2 is 1.74 bits per heavy atom. The Labute approximate surface area is 225 Å². The van der Waals surface area contributed by atoms with Gasteiger partial charge in [-0.2, -0.15) is 13.2 Å². The number of amides is 4. The summed E-state index contributed by atoms with van der Waals surface area (Å²) in [5.74, 6) is -1.01. The van der Waals surface area contributed by atoms with Crippen LogP contribution in [0.2, 0.25) is 0 Å². The third-order valence-electron chi connectivity index (χ3n) is 6.59. The third-order valence-corrected chi connectivity index (χ3v) is 6.59. The molecule has 0 bridgehead atoms. The van der Waals surface area contributed by atoms with Crippen LogP contribution in [0.4, 0.5) is 18.0 Å². The molecule has 10 heteroatoms. The molecule has 0 spiro atoms. The largest absolute Gasteiger partial charge is 0.416 e. The SMILES string of the molecule is C=CCN1C(=O)N[C@@H](c2ccccc2C(F)(F)F)C2=C1CN([C@@H](Cc1ccccc1)C(=O)NC(C)(C)C)C2=O. The average molecular weight is 541 g/mol. The van der Waals surface area contributed by atoms with Gasteiger partial charge in [-0.05, 0) is 38.0 Å². The van der Waals surface area contributed by atoms with E-state index in [1.54, 1.807) is 0 Å². The summed E-state index contributed by atoms with van der Waals surface area (Å²) in [7, 11) is 0. The van der Waals surface area contributed by atoms with Crippen LogP contribution in [0.25, 0.3) is 0 Å². The summed E-state index contributed by atoms with van der Waals surface area (Å²) in [4.78, 5) is 43.3. The van der Waals surface area contributed by atoms with Gasteiger partial charge >= 0.3 is 12.2 Å². The summed E-state index contributed by atoms with van der Waals surface area (Å²) >= 11 is 0. The fourth-order valence-electron chi connectivity index (χ4n) is 4.96. The van der Waals surface area contributed by atoms with Crippen LogP contribution < -0.4 is 10.6 Å². The molecule has 0 unspecified atom stereocenters. The van der Waals surface area contributed by atoms with Crippen LogP contribution in [-0.4, -0.2) is 52.3 Å². The molecule has 2 heterocycles. The van der Waals surface area contributed by atoms with E-state index < -0.39 is 47.2 Å². The van der Waals surface area contributed by atoms with Crippen molar-refractivity contribution >= 4 is 17.8 Å². The van der Waals surface area contributed by atoms with Gasteiger partial charge in [0.2, 0.25) is 5.91 Å². The van der Waals surface area contributed by atoms with Crippen LogP contribution in [0.5, 0.6) is 0 Å². The van der Waals surface area contributed by atoms with Crippen molar-refractivity contribution in [3.63, 3.8) is 0 Å². The normalized spacial score (nSPS) is 18.6. The molecule has 206 valence electrons. The minimum absolute atomic E-state index is 0.00905. The van der Waals surface area contributed by atoms with E-state index in [4.69, 9.17) is 0 Å². The van der Waals surface area contributed by atoms with E-state index in [0.29, 0.717) is 0 Å². The molecule has 2 atom stereocenters. The van der Waals surface area contributed by atoms with Gasteiger partial charge in [0.05, 0.1) is 29.4 Å². The third kappa shape index (κ3) is 5.84. The van der Waals surface area contributed by atoms with Crippen LogP contribution in [0.15, 0.2) is 78.5 Å². The first-order chi connectivity index (χ1) is 18.3. The monoisotopic (exact) mass is 540 g/mol. The lowest BCUT2D eigenvalue weighted by molar-refractivity contribution is -0.139. The van der Waals surface area contributed by atoms with Gasteiger partial charge in [-0.15, -0.1) is 6.58 Å². The second-order valence-corrected chi connectivity index (χ2v) is 10.6. The molecule has 7 nitrogen and oxygen atoms in total. The summed E-state index contributed by atoms with van der Waals surface area (Å²) < 4.78 is 41.8. The highest BCUT2D eigenvalue weighted by atomic mass is 19.4. The standard InChI is InChI=1S/C29H31F3N4O3/c1-5-15-35-22-17-36(21(25(37)34-28(2,3)4)16-18-11-7-6-8-12-18)26(38)23(22)24(33-27(35)39)19-13-9-10-14-20(19)29(30,31)32/h5-14,21,24H,1,15-17H2,2-4H3,(H,33,39)(H,34,37)/t21-,24-/m0/s1. The molecule has 2 aliphatic rings. The lowest BCUT2D eigenvalue weighted by Gasteiger charge is -2.33. The zero-order valence-corrected chi connectivity index (χ0v) is 22.0. The first kappa shape index (κ1) is 27.9. The van der Waals surface area contributed by atoms with Gasteiger partial charge < -0.3 is 15.5 Å². The number of alkyl halides is 3. The topological polar surface area (TPSA) is 81.8 Å². The number of hydrogen-bond donors (Lipinski definition) is 2. The average Bonchev–Trinajstić information content (AvgIpc) is 3.20. The Morgan fingerprint density at radius 1 is 1.10 bits per heavy atom. The van der Waals surface area contributed by atoms with Crippen LogP contribution in [0.1, 0.15) is 43.5 Å². The highest BCUT2D eigenvalue weighted by Crippen LogP contribution is 2.42. The molecule has 0 radical (unpaired) electrons. The molecular formula is C29H31F3N4O3. The van der Waals surface area contributed by atoms with Crippen molar-refractivity contribution in [3.8, 4) is 0 Å². The van der Waals surface area contributed by atoms with Crippen molar-refractivity contribution in [1.82, 2.24) is 20.4 Å². The molecule has 4 amide bonds. The fourth-order valence-corrected chi connectivity index (χ4v) is 4.96. The number of urea groups is 1. The second-order valence-electron chi connectivity index (χ2n) is 10.6. The molecule has 0 aliphatic carbocycles. The summed E-state index contributed by atoms with van der Waals surface area (Å²) in [5, 5.41) is 5.51. The second kappa shape index (κ2) is 10.6. The molecule has 4 rings (SSSR count). The lowest BCUT2D eigenvalue weighted by Crippen LogP contribution is -2.54. The van der Waals surface area contributed by atoms with E-state index in [2.05, 4.69) is 17.2 Å². The number of rotatable bonds is 7. The van der Waals surface area contributed by atoms with Gasteiger partial charge in [0.1, 0.15) is 6.04 Å². The maximum absolute atomic E-state index is 14.0. The van der Waals surface area contributed by atoms with Gasteiger partial charge in [-0.1, -0.05) is 54.6 Å². The van der Waals surface area contributed by atoms with Crippen molar-refractivity contribution in [2.24, 2.45) is 0 Å². The van der Waals surface area contributed by atoms with Crippen LogP contribution in [0.3, 0.4) is 0 Å². The van der Waals surface area contributed by atoms with Crippen LogP contribution in [0, 0.1) is 0 Å². The summed E-state index contributed by atoms with van der Waals surface area (Å²) in [6, 6.07) is 11.1. The van der Waals surface area contributed by atoms with E-state index in [9.17, 15) is 27.6 Å². The number of hydrogen-bond acceptors (Lipinski definition) is 3. The van der Waals surface area contributed by atoms with Crippen molar-refractivity contribution in [1.29, 1.82) is 0 Å². The van der Waals surface area contributed by atoms with E-state index in [0.717, 1.165) is 11.6 Å². The Hall–Kier alpha value is -4.08. The van der Waals surface area contributed by atoms with Crippen LogP contribution >= 0.6 is 0 Å². The minimum atomic E-state index is -4.70. The minimum Gasteiger partial charge on any atom is -0.350 e.